The number of carbonyl (C=O) groups is 1. The molecule has 1 unspecified atom stereocenters. The number of ether oxygens (including phenoxy) is 1. The smallest absolute Gasteiger partial charge is 0.306 e. The minimum Gasteiger partial charge on any atom is -0.466 e. The van der Waals surface area contributed by atoms with Crippen molar-refractivity contribution in [3.63, 3.8) is 0 Å². The van der Waals surface area contributed by atoms with Crippen LogP contribution in [0.15, 0.2) is 54.9 Å². The van der Waals surface area contributed by atoms with Crippen LogP contribution in [0.25, 0.3) is 32.0 Å². The molecule has 0 saturated heterocycles. The molecule has 2 aromatic carbocycles. The van der Waals surface area contributed by atoms with Crippen LogP contribution in [0.5, 0.6) is 0 Å². The average molecular weight is 431 g/mol. The second-order valence-corrected chi connectivity index (χ2v) is 8.07. The normalized spacial score (nSPS) is 11.5. The van der Waals surface area contributed by atoms with E-state index in [1.807, 2.05) is 76.5 Å². The van der Waals surface area contributed by atoms with Crippen molar-refractivity contribution in [1.29, 1.82) is 5.26 Å². The molecule has 31 heavy (non-hydrogen) atoms. The molecule has 0 fully saturated rings. The van der Waals surface area contributed by atoms with Crippen molar-refractivity contribution in [2.24, 2.45) is 0 Å². The molecular formula is C26H26N2O2S. The summed E-state index contributed by atoms with van der Waals surface area (Å²) < 4.78 is 6.24. The maximum atomic E-state index is 11.9. The lowest BCUT2D eigenvalue weighted by Crippen LogP contribution is -2.07. The van der Waals surface area contributed by atoms with Crippen LogP contribution in [-0.4, -0.2) is 17.6 Å². The molecule has 4 rings (SSSR count). The fourth-order valence-corrected chi connectivity index (χ4v) is 4.83. The van der Waals surface area contributed by atoms with Crippen LogP contribution in [0.4, 0.5) is 0 Å². The summed E-state index contributed by atoms with van der Waals surface area (Å²) in [4.78, 5) is 17.5. The van der Waals surface area contributed by atoms with E-state index >= 15 is 0 Å². The van der Waals surface area contributed by atoms with Gasteiger partial charge in [-0.3, -0.25) is 9.78 Å². The van der Waals surface area contributed by atoms with Crippen molar-refractivity contribution in [2.75, 3.05) is 6.61 Å². The maximum absolute atomic E-state index is 11.9. The highest BCUT2D eigenvalue weighted by atomic mass is 32.1. The zero-order chi connectivity index (χ0) is 22.4. The molecule has 0 bridgehead atoms. The Hall–Kier alpha value is -3.23. The number of carbonyl (C=O) groups excluding carboxylic acids is 1. The van der Waals surface area contributed by atoms with Gasteiger partial charge in [0.15, 0.2) is 0 Å². The number of aromatic nitrogens is 1. The fourth-order valence-electron chi connectivity index (χ4n) is 3.62. The lowest BCUT2D eigenvalue weighted by molar-refractivity contribution is -0.143. The molecule has 2 aromatic heterocycles. The van der Waals surface area contributed by atoms with Crippen molar-refractivity contribution < 1.29 is 9.53 Å². The van der Waals surface area contributed by atoms with Crippen molar-refractivity contribution in [3.8, 4) is 17.2 Å². The van der Waals surface area contributed by atoms with Crippen LogP contribution in [-0.2, 0) is 9.53 Å². The molecule has 4 nitrogen and oxygen atoms in total. The number of esters is 1. The van der Waals surface area contributed by atoms with Gasteiger partial charge < -0.3 is 4.74 Å². The number of benzene rings is 2. The molecule has 158 valence electrons. The number of pyridine rings is 1. The molecule has 4 aromatic rings. The van der Waals surface area contributed by atoms with E-state index in [-0.39, 0.29) is 11.9 Å². The van der Waals surface area contributed by atoms with Gasteiger partial charge in [-0.05, 0) is 30.0 Å². The summed E-state index contributed by atoms with van der Waals surface area (Å²) in [5, 5.41) is 12.5. The second-order valence-electron chi connectivity index (χ2n) is 6.98. The van der Waals surface area contributed by atoms with Gasteiger partial charge in [0.1, 0.15) is 0 Å². The lowest BCUT2D eigenvalue weighted by atomic mass is 9.96. The molecular weight excluding hydrogens is 404 g/mol. The van der Waals surface area contributed by atoms with Crippen LogP contribution in [0.3, 0.4) is 0 Å². The Balaban J connectivity index is 0.00000132. The zero-order valence-corrected chi connectivity index (χ0v) is 19.1. The second kappa shape index (κ2) is 10.2. The van der Waals surface area contributed by atoms with Crippen molar-refractivity contribution in [2.45, 2.75) is 40.0 Å². The summed E-state index contributed by atoms with van der Waals surface area (Å²) in [5.41, 5.74) is 2.77. The van der Waals surface area contributed by atoms with E-state index < -0.39 is 0 Å². The largest absolute Gasteiger partial charge is 0.466 e. The minimum absolute atomic E-state index is 0.0806. The van der Waals surface area contributed by atoms with Gasteiger partial charge in [-0.1, -0.05) is 51.1 Å². The molecule has 2 heterocycles. The minimum atomic E-state index is -0.172. The highest BCUT2D eigenvalue weighted by Gasteiger charge is 2.18. The third kappa shape index (κ3) is 4.60. The van der Waals surface area contributed by atoms with Gasteiger partial charge in [-0.2, -0.15) is 5.26 Å². The Morgan fingerprint density at radius 3 is 2.58 bits per heavy atom. The van der Waals surface area contributed by atoms with Gasteiger partial charge in [0.2, 0.25) is 0 Å². The molecule has 0 aliphatic heterocycles. The van der Waals surface area contributed by atoms with E-state index in [4.69, 9.17) is 4.74 Å². The molecule has 0 N–H and O–H groups in total. The summed E-state index contributed by atoms with van der Waals surface area (Å²) in [6, 6.07) is 16.2. The maximum Gasteiger partial charge on any atom is 0.306 e. The Kier molecular flexibility index (Phi) is 7.38. The molecule has 0 radical (unpaired) electrons. The monoisotopic (exact) mass is 430 g/mol. The van der Waals surface area contributed by atoms with E-state index in [2.05, 4.69) is 17.1 Å². The zero-order valence-electron chi connectivity index (χ0n) is 18.3. The quantitative estimate of drug-likeness (QED) is 0.318. The van der Waals surface area contributed by atoms with E-state index in [1.165, 1.54) is 0 Å². The Bertz CT molecular complexity index is 1250. The number of hydrogen-bond acceptors (Lipinski definition) is 5. The standard InChI is InChI=1S/C24H20N2O2S.C2H6/c1-3-28-23(27)10-15(2)22-11-17-13-26-14-21(24(17)29-22)20-9-8-16(12-25)18-6-4-5-7-19(18)20;1-2/h4-9,11,13-15H,3,10H2,1-2H3;1-2H3. The molecule has 0 aliphatic rings. The summed E-state index contributed by atoms with van der Waals surface area (Å²) in [6.45, 7) is 8.27. The van der Waals surface area contributed by atoms with Crippen LogP contribution in [0.2, 0.25) is 0 Å². The van der Waals surface area contributed by atoms with Crippen molar-refractivity contribution in [1.82, 2.24) is 4.98 Å². The first kappa shape index (κ1) is 22.5. The summed E-state index contributed by atoms with van der Waals surface area (Å²) in [7, 11) is 0. The van der Waals surface area contributed by atoms with Gasteiger partial charge >= 0.3 is 5.97 Å². The highest BCUT2D eigenvalue weighted by molar-refractivity contribution is 7.19. The number of nitriles is 1. The summed E-state index contributed by atoms with van der Waals surface area (Å²) in [6.07, 6.45) is 4.11. The van der Waals surface area contributed by atoms with Crippen molar-refractivity contribution in [3.05, 3.63) is 65.3 Å². The Morgan fingerprint density at radius 1 is 1.13 bits per heavy atom. The first-order valence-corrected chi connectivity index (χ1v) is 11.4. The van der Waals surface area contributed by atoms with Crippen LogP contribution < -0.4 is 0 Å². The van der Waals surface area contributed by atoms with Gasteiger partial charge in [0, 0.05) is 44.2 Å². The van der Waals surface area contributed by atoms with Gasteiger partial charge in [0.25, 0.3) is 0 Å². The summed E-state index contributed by atoms with van der Waals surface area (Å²) >= 11 is 1.69. The number of rotatable bonds is 5. The van der Waals surface area contributed by atoms with Crippen LogP contribution in [0, 0.1) is 11.3 Å². The fraction of sp³-hybridized carbons (Fsp3) is 0.269. The average Bonchev–Trinajstić information content (AvgIpc) is 3.25. The van der Waals surface area contributed by atoms with Gasteiger partial charge in [-0.25, -0.2) is 0 Å². The lowest BCUT2D eigenvalue weighted by Gasteiger charge is -2.09. The Labute approximate surface area is 187 Å². The number of hydrogen-bond donors (Lipinski definition) is 0. The van der Waals surface area contributed by atoms with Crippen LogP contribution >= 0.6 is 11.3 Å². The third-order valence-electron chi connectivity index (χ3n) is 5.04. The molecule has 0 saturated carbocycles. The predicted molar refractivity (Wildman–Crippen MR) is 128 cm³/mol. The summed E-state index contributed by atoms with van der Waals surface area (Å²) in [5.74, 6) is -0.0918. The van der Waals surface area contributed by atoms with Gasteiger partial charge in [0.05, 0.1) is 24.7 Å². The Morgan fingerprint density at radius 2 is 1.87 bits per heavy atom. The predicted octanol–water partition coefficient (Wildman–Crippen LogP) is 7.07. The first-order chi connectivity index (χ1) is 15.1. The third-order valence-corrected chi connectivity index (χ3v) is 6.46. The highest BCUT2D eigenvalue weighted by Crippen LogP contribution is 2.40. The molecule has 0 spiro atoms. The number of nitrogens with zero attached hydrogens (tertiary/aromatic N) is 2. The van der Waals surface area contributed by atoms with E-state index in [0.29, 0.717) is 18.6 Å². The SMILES string of the molecule is CC.CCOC(=O)CC(C)c1cc2cncc(-c3ccc(C#N)c4ccccc34)c2s1. The molecule has 0 aliphatic carbocycles. The topological polar surface area (TPSA) is 63.0 Å². The van der Waals surface area contributed by atoms with Gasteiger partial charge in [-0.15, -0.1) is 11.3 Å². The molecule has 1 atom stereocenters. The van der Waals surface area contributed by atoms with E-state index in [0.717, 1.165) is 36.9 Å². The molecule has 5 heteroatoms. The van der Waals surface area contributed by atoms with E-state index in [1.54, 1.807) is 11.3 Å². The van der Waals surface area contributed by atoms with Crippen LogP contribution in [0.1, 0.15) is 50.5 Å². The first-order valence-electron chi connectivity index (χ1n) is 10.6. The number of thiophene rings is 1. The number of fused-ring (bicyclic) bond motifs is 2. The van der Waals surface area contributed by atoms with Crippen molar-refractivity contribution >= 4 is 38.2 Å². The van der Waals surface area contributed by atoms with E-state index in [9.17, 15) is 10.1 Å². The molecule has 0 amide bonds.